The lowest BCUT2D eigenvalue weighted by Gasteiger charge is -2.16. The Morgan fingerprint density at radius 1 is 1.30 bits per heavy atom. The molecule has 0 aromatic rings. The molecule has 0 amide bonds. The molecule has 2 heteroatoms. The highest BCUT2D eigenvalue weighted by Gasteiger charge is 2.42. The fraction of sp³-hybridized carbons (Fsp3) is 1.00. The van der Waals surface area contributed by atoms with E-state index >= 15 is 0 Å². The van der Waals surface area contributed by atoms with Gasteiger partial charge in [-0.2, -0.15) is 0 Å². The Balaban J connectivity index is 2.07. The first-order valence-electron chi connectivity index (χ1n) is 4.10. The molecule has 0 aromatic heterocycles. The van der Waals surface area contributed by atoms with Gasteiger partial charge in [0.15, 0.2) is 0 Å². The van der Waals surface area contributed by atoms with Crippen molar-refractivity contribution >= 4 is 0 Å². The topological polar surface area (TPSA) is 32.3 Å². The summed E-state index contributed by atoms with van der Waals surface area (Å²) in [5, 5.41) is 13.0. The summed E-state index contributed by atoms with van der Waals surface area (Å²) in [6.07, 6.45) is 2.01. The van der Waals surface area contributed by atoms with Crippen LogP contribution in [0.1, 0.15) is 19.8 Å². The van der Waals surface area contributed by atoms with Crippen molar-refractivity contribution in [3.05, 3.63) is 0 Å². The molecule has 1 saturated carbocycles. The summed E-state index contributed by atoms with van der Waals surface area (Å²) in [7, 11) is 0. The molecule has 2 aliphatic rings. The quantitative estimate of drug-likeness (QED) is 0.510. The molecule has 58 valence electrons. The Hall–Kier alpha value is -0.0800. The van der Waals surface area contributed by atoms with Crippen LogP contribution in [-0.4, -0.2) is 23.8 Å². The second-order valence-electron chi connectivity index (χ2n) is 4.08. The van der Waals surface area contributed by atoms with E-state index < -0.39 is 0 Å². The summed E-state index contributed by atoms with van der Waals surface area (Å²) < 4.78 is 0. The van der Waals surface area contributed by atoms with E-state index in [4.69, 9.17) is 0 Å². The molecule has 0 spiro atoms. The molecule has 1 aliphatic heterocycles. The molecule has 2 fully saturated rings. The molecular weight excluding hydrogens is 126 g/mol. The van der Waals surface area contributed by atoms with Gasteiger partial charge in [0.05, 0.1) is 5.60 Å². The zero-order chi connectivity index (χ0) is 7.19. The molecular formula is C8H15NO. The third-order valence-electron chi connectivity index (χ3n) is 2.88. The predicted octanol–water partition coefficient (Wildman–Crippen LogP) is 0.367. The van der Waals surface area contributed by atoms with Crippen molar-refractivity contribution < 1.29 is 5.11 Å². The first-order valence-corrected chi connectivity index (χ1v) is 4.10. The van der Waals surface area contributed by atoms with Gasteiger partial charge in [0.25, 0.3) is 0 Å². The molecule has 0 radical (unpaired) electrons. The van der Waals surface area contributed by atoms with Crippen LogP contribution in [0, 0.1) is 11.8 Å². The Morgan fingerprint density at radius 3 is 2.30 bits per heavy atom. The van der Waals surface area contributed by atoms with Crippen LogP contribution < -0.4 is 5.32 Å². The lowest BCUT2D eigenvalue weighted by atomic mass is 10.0. The molecule has 1 saturated heterocycles. The van der Waals surface area contributed by atoms with Gasteiger partial charge in [-0.25, -0.2) is 0 Å². The second kappa shape index (κ2) is 1.95. The molecule has 0 bridgehead atoms. The van der Waals surface area contributed by atoms with Crippen molar-refractivity contribution in [2.75, 3.05) is 13.1 Å². The lowest BCUT2D eigenvalue weighted by molar-refractivity contribution is 0.0594. The van der Waals surface area contributed by atoms with Crippen LogP contribution in [-0.2, 0) is 0 Å². The van der Waals surface area contributed by atoms with Gasteiger partial charge in [-0.05, 0) is 44.7 Å². The van der Waals surface area contributed by atoms with E-state index in [0.29, 0.717) is 0 Å². The summed E-state index contributed by atoms with van der Waals surface area (Å²) in [6, 6.07) is 0. The maximum Gasteiger partial charge on any atom is 0.0626 e. The average molecular weight is 141 g/mol. The molecule has 1 heterocycles. The standard InChI is InChI=1S/C8H15NO/c1-8(10)2-6-4-9-5-7(6)3-8/h6-7,9-10H,2-5H2,1H3/t6-,7+,8?. The van der Waals surface area contributed by atoms with Gasteiger partial charge in [-0.15, -0.1) is 0 Å². The molecule has 2 N–H and O–H groups in total. The van der Waals surface area contributed by atoms with E-state index in [-0.39, 0.29) is 5.60 Å². The van der Waals surface area contributed by atoms with Crippen LogP contribution in [0.2, 0.25) is 0 Å². The van der Waals surface area contributed by atoms with Crippen molar-refractivity contribution in [2.45, 2.75) is 25.4 Å². The fourth-order valence-electron chi connectivity index (χ4n) is 2.48. The summed E-state index contributed by atoms with van der Waals surface area (Å²) in [5.74, 6) is 1.52. The molecule has 2 rings (SSSR count). The third kappa shape index (κ3) is 0.956. The molecule has 2 nitrogen and oxygen atoms in total. The van der Waals surface area contributed by atoms with Crippen LogP contribution in [0.15, 0.2) is 0 Å². The highest BCUT2D eigenvalue weighted by molar-refractivity contribution is 4.96. The Bertz CT molecular complexity index is 130. The molecule has 3 atom stereocenters. The lowest BCUT2D eigenvalue weighted by Crippen LogP contribution is -2.23. The van der Waals surface area contributed by atoms with E-state index in [0.717, 1.165) is 37.8 Å². The number of hydrogen-bond acceptors (Lipinski definition) is 2. The second-order valence-corrected chi connectivity index (χ2v) is 4.08. The average Bonchev–Trinajstić information content (AvgIpc) is 2.20. The van der Waals surface area contributed by atoms with Gasteiger partial charge in [0.2, 0.25) is 0 Å². The highest BCUT2D eigenvalue weighted by atomic mass is 16.3. The maximum absolute atomic E-state index is 9.67. The van der Waals surface area contributed by atoms with Crippen molar-refractivity contribution in [2.24, 2.45) is 11.8 Å². The normalized spacial score (nSPS) is 53.4. The van der Waals surface area contributed by atoms with Gasteiger partial charge in [-0.3, -0.25) is 0 Å². The minimum Gasteiger partial charge on any atom is -0.390 e. The van der Waals surface area contributed by atoms with Crippen molar-refractivity contribution in [3.8, 4) is 0 Å². The van der Waals surface area contributed by atoms with Crippen LogP contribution in [0.5, 0.6) is 0 Å². The van der Waals surface area contributed by atoms with Crippen LogP contribution in [0.25, 0.3) is 0 Å². The number of aliphatic hydroxyl groups is 1. The van der Waals surface area contributed by atoms with Crippen LogP contribution in [0.4, 0.5) is 0 Å². The van der Waals surface area contributed by atoms with Gasteiger partial charge >= 0.3 is 0 Å². The van der Waals surface area contributed by atoms with Crippen molar-refractivity contribution in [1.82, 2.24) is 5.32 Å². The summed E-state index contributed by atoms with van der Waals surface area (Å²) in [4.78, 5) is 0. The monoisotopic (exact) mass is 141 g/mol. The van der Waals surface area contributed by atoms with Gasteiger partial charge in [0.1, 0.15) is 0 Å². The van der Waals surface area contributed by atoms with E-state index in [1.165, 1.54) is 0 Å². The number of fused-ring (bicyclic) bond motifs is 1. The van der Waals surface area contributed by atoms with E-state index in [1.807, 2.05) is 6.92 Å². The van der Waals surface area contributed by atoms with Crippen LogP contribution in [0.3, 0.4) is 0 Å². The molecule has 1 unspecified atom stereocenters. The molecule has 0 aromatic carbocycles. The van der Waals surface area contributed by atoms with Crippen LogP contribution >= 0.6 is 0 Å². The van der Waals surface area contributed by atoms with E-state index in [9.17, 15) is 5.11 Å². The zero-order valence-electron chi connectivity index (χ0n) is 6.43. The Morgan fingerprint density at radius 2 is 1.80 bits per heavy atom. The van der Waals surface area contributed by atoms with Crippen molar-refractivity contribution in [1.29, 1.82) is 0 Å². The largest absolute Gasteiger partial charge is 0.390 e. The van der Waals surface area contributed by atoms with E-state index in [1.54, 1.807) is 0 Å². The molecule has 10 heavy (non-hydrogen) atoms. The smallest absolute Gasteiger partial charge is 0.0626 e. The Labute approximate surface area is 61.6 Å². The fourth-order valence-corrected chi connectivity index (χ4v) is 2.48. The predicted molar refractivity (Wildman–Crippen MR) is 39.7 cm³/mol. The molecule has 1 aliphatic carbocycles. The minimum atomic E-state index is -0.350. The highest BCUT2D eigenvalue weighted by Crippen LogP contribution is 2.40. The summed E-state index contributed by atoms with van der Waals surface area (Å²) in [5.41, 5.74) is -0.350. The SMILES string of the molecule is CC1(O)C[C@H]2CNC[C@H]2C1. The third-order valence-corrected chi connectivity index (χ3v) is 2.88. The van der Waals surface area contributed by atoms with Gasteiger partial charge < -0.3 is 10.4 Å². The van der Waals surface area contributed by atoms with Crippen molar-refractivity contribution in [3.63, 3.8) is 0 Å². The summed E-state index contributed by atoms with van der Waals surface area (Å²) >= 11 is 0. The summed E-state index contributed by atoms with van der Waals surface area (Å²) in [6.45, 7) is 4.22. The van der Waals surface area contributed by atoms with Gasteiger partial charge in [-0.1, -0.05) is 0 Å². The Kier molecular flexibility index (Phi) is 1.29. The zero-order valence-corrected chi connectivity index (χ0v) is 6.43. The number of hydrogen-bond donors (Lipinski definition) is 2. The first-order chi connectivity index (χ1) is 4.67. The number of nitrogens with one attached hydrogen (secondary N) is 1. The van der Waals surface area contributed by atoms with E-state index in [2.05, 4.69) is 5.32 Å². The first kappa shape index (κ1) is 6.62. The minimum absolute atomic E-state index is 0.350. The van der Waals surface area contributed by atoms with Gasteiger partial charge in [0, 0.05) is 0 Å². The number of rotatable bonds is 0. The maximum atomic E-state index is 9.67.